The molecule has 2 aromatic heterocycles. The number of aromatic nitrogens is 3. The Morgan fingerprint density at radius 2 is 1.79 bits per heavy atom. The summed E-state index contributed by atoms with van der Waals surface area (Å²) in [5.74, 6) is -0.379. The summed E-state index contributed by atoms with van der Waals surface area (Å²) in [6.07, 6.45) is -1.33. The zero-order chi connectivity index (χ0) is 21.0. The Morgan fingerprint density at radius 3 is 2.41 bits per heavy atom. The Hall–Kier alpha value is -3.69. The van der Waals surface area contributed by atoms with E-state index in [0.717, 1.165) is 0 Å². The molecular weight excluding hydrogens is 389 g/mol. The molecule has 0 unspecified atom stereocenters. The number of alkyl halides is 3. The van der Waals surface area contributed by atoms with Crippen molar-refractivity contribution in [1.29, 1.82) is 0 Å². The number of hydrogen-bond acceptors (Lipinski definition) is 7. The number of methoxy groups -OCH3 is 2. The van der Waals surface area contributed by atoms with Gasteiger partial charge in [-0.1, -0.05) is 0 Å². The zero-order valence-corrected chi connectivity index (χ0v) is 15.3. The monoisotopic (exact) mass is 404 g/mol. The van der Waals surface area contributed by atoms with Crippen molar-refractivity contribution in [3.05, 3.63) is 60.0 Å². The molecule has 3 aromatic rings. The summed E-state index contributed by atoms with van der Waals surface area (Å²) in [4.78, 5) is 23.1. The van der Waals surface area contributed by atoms with E-state index in [2.05, 4.69) is 25.0 Å². The molecule has 0 saturated carbocycles. The van der Waals surface area contributed by atoms with Crippen molar-refractivity contribution in [3.8, 4) is 17.0 Å². The van der Waals surface area contributed by atoms with Crippen molar-refractivity contribution in [3.63, 3.8) is 0 Å². The number of rotatable bonds is 5. The number of hydrogen-bond donors (Lipinski definition) is 1. The van der Waals surface area contributed by atoms with Crippen molar-refractivity contribution in [2.45, 2.75) is 6.18 Å². The number of pyridine rings is 1. The quantitative estimate of drug-likeness (QED) is 0.641. The molecule has 3 rings (SSSR count). The van der Waals surface area contributed by atoms with Gasteiger partial charge < -0.3 is 14.8 Å². The maximum atomic E-state index is 13.5. The van der Waals surface area contributed by atoms with Gasteiger partial charge in [0.1, 0.15) is 11.3 Å². The van der Waals surface area contributed by atoms with Crippen molar-refractivity contribution in [2.75, 3.05) is 19.5 Å². The van der Waals surface area contributed by atoms with Gasteiger partial charge in [-0.05, 0) is 30.3 Å². The molecule has 1 aromatic carbocycles. The first-order chi connectivity index (χ1) is 13.8. The molecule has 1 N–H and O–H groups in total. The molecule has 0 bridgehead atoms. The lowest BCUT2D eigenvalue weighted by atomic mass is 10.1. The number of carbonyl (C=O) groups is 1. The summed E-state index contributed by atoms with van der Waals surface area (Å²) < 4.78 is 50.2. The van der Waals surface area contributed by atoms with E-state index in [4.69, 9.17) is 4.74 Å². The van der Waals surface area contributed by atoms with Crippen LogP contribution in [-0.2, 0) is 10.9 Å². The summed E-state index contributed by atoms with van der Waals surface area (Å²) >= 11 is 0. The normalized spacial score (nSPS) is 11.1. The molecule has 0 aliphatic carbocycles. The number of carbonyl (C=O) groups excluding carboxylic acids is 1. The van der Waals surface area contributed by atoms with E-state index < -0.39 is 17.7 Å². The third kappa shape index (κ3) is 4.42. The van der Waals surface area contributed by atoms with E-state index in [9.17, 15) is 18.0 Å². The molecule has 2 heterocycles. The first-order valence-electron chi connectivity index (χ1n) is 8.21. The number of halogens is 3. The van der Waals surface area contributed by atoms with Crippen LogP contribution in [0.2, 0.25) is 0 Å². The van der Waals surface area contributed by atoms with Gasteiger partial charge in [0, 0.05) is 24.3 Å². The summed E-state index contributed by atoms with van der Waals surface area (Å²) in [7, 11) is 2.61. The average Bonchev–Trinajstić information content (AvgIpc) is 2.72. The Balaban J connectivity index is 2.00. The van der Waals surface area contributed by atoms with E-state index in [1.165, 1.54) is 44.8 Å². The second-order valence-electron chi connectivity index (χ2n) is 5.72. The number of nitrogens with zero attached hydrogens (tertiary/aromatic N) is 3. The second-order valence-corrected chi connectivity index (χ2v) is 5.72. The molecule has 0 spiro atoms. The van der Waals surface area contributed by atoms with Crippen molar-refractivity contribution < 1.29 is 27.4 Å². The van der Waals surface area contributed by atoms with Gasteiger partial charge in [0.25, 0.3) is 0 Å². The van der Waals surface area contributed by atoms with Crippen LogP contribution < -0.4 is 10.1 Å². The molecule has 0 amide bonds. The maximum Gasteiger partial charge on any atom is 0.420 e. The van der Waals surface area contributed by atoms with Gasteiger partial charge in [-0.25, -0.2) is 14.8 Å². The minimum absolute atomic E-state index is 0.0651. The Labute approximate surface area is 163 Å². The van der Waals surface area contributed by atoms with Crippen LogP contribution in [0.4, 0.5) is 24.8 Å². The molecule has 150 valence electrons. The third-order valence-corrected chi connectivity index (χ3v) is 3.91. The predicted molar refractivity (Wildman–Crippen MR) is 97.9 cm³/mol. The standard InChI is InChI=1S/C19H15F3N4O3/c1-28-15-7-8-23-9-13(15)16-14(19(20,21)22)10-24-18(26-16)25-12-5-3-11(4-6-12)17(27)29-2/h3-10H,1-2H3,(H,24,25,26). The van der Waals surface area contributed by atoms with Crippen LogP contribution in [0.1, 0.15) is 15.9 Å². The van der Waals surface area contributed by atoms with E-state index in [-0.39, 0.29) is 23.0 Å². The lowest BCUT2D eigenvalue weighted by Crippen LogP contribution is -2.11. The van der Waals surface area contributed by atoms with Crippen LogP contribution >= 0.6 is 0 Å². The molecule has 10 heteroatoms. The summed E-state index contributed by atoms with van der Waals surface area (Å²) in [5.41, 5.74) is -0.510. The molecule has 0 fully saturated rings. The summed E-state index contributed by atoms with van der Waals surface area (Å²) in [6, 6.07) is 7.55. The fourth-order valence-corrected chi connectivity index (χ4v) is 2.53. The molecular formula is C19H15F3N4O3. The SMILES string of the molecule is COC(=O)c1ccc(Nc2ncc(C(F)(F)F)c(-c3cnccc3OC)n2)cc1. The second kappa shape index (κ2) is 8.13. The van der Waals surface area contributed by atoms with Crippen LogP contribution in [0.3, 0.4) is 0 Å². The summed E-state index contributed by atoms with van der Waals surface area (Å²) in [5, 5.41) is 2.81. The molecule has 0 aliphatic rings. The lowest BCUT2D eigenvalue weighted by Gasteiger charge is -2.15. The average molecular weight is 404 g/mol. The number of anilines is 2. The third-order valence-electron chi connectivity index (χ3n) is 3.91. The molecule has 0 atom stereocenters. The van der Waals surface area contributed by atoms with Gasteiger partial charge in [-0.2, -0.15) is 13.2 Å². The molecule has 0 saturated heterocycles. The Morgan fingerprint density at radius 1 is 1.07 bits per heavy atom. The van der Waals surface area contributed by atoms with Crippen LogP contribution in [0.15, 0.2) is 48.9 Å². The fraction of sp³-hybridized carbons (Fsp3) is 0.158. The van der Waals surface area contributed by atoms with Crippen LogP contribution in [0.25, 0.3) is 11.3 Å². The minimum atomic E-state index is -4.67. The van der Waals surface area contributed by atoms with Crippen LogP contribution in [0, 0.1) is 0 Å². The summed E-state index contributed by atoms with van der Waals surface area (Å²) in [6.45, 7) is 0. The van der Waals surface area contributed by atoms with E-state index in [1.54, 1.807) is 12.1 Å². The van der Waals surface area contributed by atoms with E-state index >= 15 is 0 Å². The molecule has 0 radical (unpaired) electrons. The first-order valence-corrected chi connectivity index (χ1v) is 8.21. The minimum Gasteiger partial charge on any atom is -0.496 e. The smallest absolute Gasteiger partial charge is 0.420 e. The highest BCUT2D eigenvalue weighted by Gasteiger charge is 2.36. The maximum absolute atomic E-state index is 13.5. The fourth-order valence-electron chi connectivity index (χ4n) is 2.53. The zero-order valence-electron chi connectivity index (χ0n) is 15.3. The highest BCUT2D eigenvalue weighted by atomic mass is 19.4. The Kier molecular flexibility index (Phi) is 5.62. The van der Waals surface area contributed by atoms with Gasteiger partial charge in [0.2, 0.25) is 5.95 Å². The highest BCUT2D eigenvalue weighted by Crippen LogP contribution is 2.39. The number of nitrogens with one attached hydrogen (secondary N) is 1. The molecule has 29 heavy (non-hydrogen) atoms. The van der Waals surface area contributed by atoms with E-state index in [1.807, 2.05) is 0 Å². The number of ether oxygens (including phenoxy) is 2. The van der Waals surface area contributed by atoms with Crippen molar-refractivity contribution >= 4 is 17.6 Å². The van der Waals surface area contributed by atoms with Crippen LogP contribution in [-0.4, -0.2) is 35.1 Å². The topological polar surface area (TPSA) is 86.2 Å². The van der Waals surface area contributed by atoms with Crippen molar-refractivity contribution in [1.82, 2.24) is 15.0 Å². The van der Waals surface area contributed by atoms with E-state index in [0.29, 0.717) is 17.4 Å². The predicted octanol–water partition coefficient (Wildman–Crippen LogP) is 4.10. The van der Waals surface area contributed by atoms with Gasteiger partial charge in [0.05, 0.1) is 31.0 Å². The number of esters is 1. The van der Waals surface area contributed by atoms with Gasteiger partial charge in [-0.15, -0.1) is 0 Å². The number of benzene rings is 1. The van der Waals surface area contributed by atoms with Gasteiger partial charge in [0.15, 0.2) is 0 Å². The van der Waals surface area contributed by atoms with Gasteiger partial charge >= 0.3 is 12.1 Å². The molecule has 0 aliphatic heterocycles. The lowest BCUT2D eigenvalue weighted by molar-refractivity contribution is -0.137. The Bertz CT molecular complexity index is 1020. The largest absolute Gasteiger partial charge is 0.496 e. The van der Waals surface area contributed by atoms with Crippen molar-refractivity contribution in [2.24, 2.45) is 0 Å². The first kappa shape index (κ1) is 20.1. The van der Waals surface area contributed by atoms with Gasteiger partial charge in [-0.3, -0.25) is 4.98 Å². The molecule has 7 nitrogen and oxygen atoms in total. The highest BCUT2D eigenvalue weighted by molar-refractivity contribution is 5.89. The van der Waals surface area contributed by atoms with Crippen LogP contribution in [0.5, 0.6) is 5.75 Å².